The molecule has 0 amide bonds. The maximum atomic E-state index is 13.1. The average molecular weight is 1400 g/mol. The topological polar surface area (TPSA) is 237 Å². The summed E-state index contributed by atoms with van der Waals surface area (Å²) in [6, 6.07) is 0. The second kappa shape index (κ2) is 66.6. The Kier molecular flexibility index (Phi) is 65.2. The smallest absolute Gasteiger partial charge is 0.462 e. The van der Waals surface area contributed by atoms with Gasteiger partial charge in [0.15, 0.2) is 12.2 Å². The molecule has 0 spiro atoms. The zero-order chi connectivity index (χ0) is 70.1. The highest BCUT2D eigenvalue weighted by Crippen LogP contribution is 2.45. The standard InChI is InChI=1S/C76H148O17P2/c1-8-9-10-11-12-27-36-43-50-57-73(78)86-64-72(93-76(81)60-53-46-39-32-35-42-49-56-69(6)7)66-91-95(84,85)89-62-70(77)61-88-94(82,83)90-65-71(63-87-74(79)58-51-44-37-30-25-22-21-24-29-34-41-48-55-68(4)5)92-75(80)59-52-45-38-31-26-20-18-16-14-13-15-17-19-23-28-33-40-47-54-67(2)3/h67-72,77H,8-66H2,1-7H3,(H,82,83)(H,84,85)/t70-,71-,72-/m1/s1. The normalized spacial score (nSPS) is 14.1. The van der Waals surface area contributed by atoms with E-state index in [1.807, 2.05) is 0 Å². The van der Waals surface area contributed by atoms with Crippen LogP contribution in [-0.2, 0) is 65.4 Å². The van der Waals surface area contributed by atoms with Crippen LogP contribution in [0.25, 0.3) is 0 Å². The molecule has 0 fully saturated rings. The first-order valence-corrected chi connectivity index (χ1v) is 42.3. The summed E-state index contributed by atoms with van der Waals surface area (Å²) in [5, 5.41) is 10.6. The van der Waals surface area contributed by atoms with Gasteiger partial charge in [-0.15, -0.1) is 0 Å². The molecule has 19 heteroatoms. The number of hydrogen-bond acceptors (Lipinski definition) is 15. The van der Waals surface area contributed by atoms with Crippen molar-refractivity contribution in [1.29, 1.82) is 0 Å². The van der Waals surface area contributed by atoms with E-state index >= 15 is 0 Å². The van der Waals surface area contributed by atoms with Gasteiger partial charge in [0.2, 0.25) is 0 Å². The van der Waals surface area contributed by atoms with Gasteiger partial charge in [-0.2, -0.15) is 0 Å². The summed E-state index contributed by atoms with van der Waals surface area (Å²) in [4.78, 5) is 72.7. The molecule has 0 radical (unpaired) electrons. The predicted molar refractivity (Wildman–Crippen MR) is 386 cm³/mol. The van der Waals surface area contributed by atoms with Crippen LogP contribution in [0.4, 0.5) is 0 Å². The molecule has 0 aliphatic carbocycles. The third-order valence-corrected chi connectivity index (χ3v) is 19.5. The van der Waals surface area contributed by atoms with E-state index < -0.39 is 97.5 Å². The Hall–Kier alpha value is -1.94. The largest absolute Gasteiger partial charge is 0.472 e. The molecule has 0 bridgehead atoms. The second-order valence-electron chi connectivity index (χ2n) is 28.8. The molecular formula is C76H148O17P2. The first-order valence-electron chi connectivity index (χ1n) is 39.3. The molecule has 0 aromatic carbocycles. The van der Waals surface area contributed by atoms with Gasteiger partial charge < -0.3 is 33.8 Å². The Bertz CT molecular complexity index is 1850. The highest BCUT2D eigenvalue weighted by Gasteiger charge is 2.30. The van der Waals surface area contributed by atoms with Crippen LogP contribution < -0.4 is 0 Å². The van der Waals surface area contributed by atoms with Crippen LogP contribution >= 0.6 is 15.6 Å². The van der Waals surface area contributed by atoms with Gasteiger partial charge >= 0.3 is 39.5 Å². The first-order chi connectivity index (χ1) is 45.7. The Morgan fingerprint density at radius 2 is 0.484 bits per heavy atom. The van der Waals surface area contributed by atoms with Gasteiger partial charge in [-0.25, -0.2) is 9.13 Å². The van der Waals surface area contributed by atoms with Crippen LogP contribution in [0.5, 0.6) is 0 Å². The number of rotatable bonds is 74. The fourth-order valence-electron chi connectivity index (χ4n) is 11.6. The van der Waals surface area contributed by atoms with E-state index in [1.54, 1.807) is 0 Å². The van der Waals surface area contributed by atoms with E-state index in [-0.39, 0.29) is 25.7 Å². The minimum Gasteiger partial charge on any atom is -0.462 e. The van der Waals surface area contributed by atoms with Gasteiger partial charge in [-0.3, -0.25) is 37.3 Å². The molecule has 0 aromatic heterocycles. The molecular weight excluding hydrogens is 1250 g/mol. The summed E-state index contributed by atoms with van der Waals surface area (Å²) >= 11 is 0. The summed E-state index contributed by atoms with van der Waals surface area (Å²) in [6.45, 7) is 11.9. The number of carbonyl (C=O) groups excluding carboxylic acids is 4. The molecule has 0 aliphatic heterocycles. The summed E-state index contributed by atoms with van der Waals surface area (Å²) < 4.78 is 68.4. The zero-order valence-corrected chi connectivity index (χ0v) is 63.9. The quantitative estimate of drug-likeness (QED) is 0.0222. The fourth-order valence-corrected chi connectivity index (χ4v) is 13.2. The first kappa shape index (κ1) is 93.1. The lowest BCUT2D eigenvalue weighted by Crippen LogP contribution is -2.30. The monoisotopic (exact) mass is 1400 g/mol. The molecule has 2 unspecified atom stereocenters. The van der Waals surface area contributed by atoms with E-state index in [0.29, 0.717) is 31.6 Å². The summed E-state index contributed by atoms with van der Waals surface area (Å²) in [7, 11) is -9.91. The molecule has 3 N–H and O–H groups in total. The minimum atomic E-state index is -4.96. The molecule has 95 heavy (non-hydrogen) atoms. The Morgan fingerprint density at radius 1 is 0.284 bits per heavy atom. The number of aliphatic hydroxyl groups is 1. The van der Waals surface area contributed by atoms with E-state index in [0.717, 1.165) is 102 Å². The van der Waals surface area contributed by atoms with Crippen LogP contribution in [0.15, 0.2) is 0 Å². The summed E-state index contributed by atoms with van der Waals surface area (Å²) in [5.41, 5.74) is 0. The van der Waals surface area contributed by atoms with Crippen molar-refractivity contribution >= 4 is 39.5 Å². The number of esters is 4. The number of phosphoric acid groups is 2. The number of unbranched alkanes of at least 4 members (excludes halogenated alkanes) is 42. The molecule has 0 saturated heterocycles. The van der Waals surface area contributed by atoms with Gasteiger partial charge in [0.1, 0.15) is 19.3 Å². The van der Waals surface area contributed by atoms with Gasteiger partial charge in [0, 0.05) is 25.7 Å². The van der Waals surface area contributed by atoms with Crippen LogP contribution in [0, 0.1) is 17.8 Å². The Morgan fingerprint density at radius 3 is 0.716 bits per heavy atom. The van der Waals surface area contributed by atoms with Crippen molar-refractivity contribution in [2.75, 3.05) is 39.6 Å². The van der Waals surface area contributed by atoms with Crippen molar-refractivity contribution in [3.05, 3.63) is 0 Å². The van der Waals surface area contributed by atoms with Crippen LogP contribution in [0.2, 0.25) is 0 Å². The van der Waals surface area contributed by atoms with E-state index in [1.165, 1.54) is 199 Å². The van der Waals surface area contributed by atoms with Crippen molar-refractivity contribution in [2.24, 2.45) is 17.8 Å². The van der Waals surface area contributed by atoms with Crippen molar-refractivity contribution < 1.29 is 80.2 Å². The van der Waals surface area contributed by atoms with Crippen molar-refractivity contribution in [3.63, 3.8) is 0 Å². The van der Waals surface area contributed by atoms with Crippen LogP contribution in [0.3, 0.4) is 0 Å². The maximum absolute atomic E-state index is 13.1. The zero-order valence-electron chi connectivity index (χ0n) is 62.1. The SMILES string of the molecule is CCCCCCCCCCCC(=O)OC[C@H](COP(=O)(O)OC[C@H](O)COP(=O)(O)OC[C@@H](COC(=O)CCCCCCCCCCCCCCC(C)C)OC(=O)CCCCCCCCCCCCCCCCCCCCC(C)C)OC(=O)CCCCCCCCCC(C)C. The lowest BCUT2D eigenvalue weighted by molar-refractivity contribution is -0.161. The molecule has 0 saturated carbocycles. The van der Waals surface area contributed by atoms with Crippen LogP contribution in [0.1, 0.15) is 389 Å². The van der Waals surface area contributed by atoms with Crippen molar-refractivity contribution in [1.82, 2.24) is 0 Å². The average Bonchev–Trinajstić information content (AvgIpc) is 1.53. The van der Waals surface area contributed by atoms with E-state index in [9.17, 15) is 43.2 Å². The molecule has 5 atom stereocenters. The van der Waals surface area contributed by atoms with Crippen molar-refractivity contribution in [2.45, 2.75) is 407 Å². The Balaban J connectivity index is 5.19. The maximum Gasteiger partial charge on any atom is 0.472 e. The molecule has 0 heterocycles. The number of phosphoric ester groups is 2. The van der Waals surface area contributed by atoms with Crippen molar-refractivity contribution in [3.8, 4) is 0 Å². The number of ether oxygens (including phenoxy) is 4. The predicted octanol–water partition coefficient (Wildman–Crippen LogP) is 22.2. The second-order valence-corrected chi connectivity index (χ2v) is 31.7. The third-order valence-electron chi connectivity index (χ3n) is 17.6. The summed E-state index contributed by atoms with van der Waals surface area (Å²) in [6.07, 6.45) is 52.9. The van der Waals surface area contributed by atoms with E-state index in [2.05, 4.69) is 48.5 Å². The van der Waals surface area contributed by atoms with Gasteiger partial charge in [-0.1, -0.05) is 337 Å². The van der Waals surface area contributed by atoms with Crippen LogP contribution in [-0.4, -0.2) is 96.7 Å². The molecule has 17 nitrogen and oxygen atoms in total. The lowest BCUT2D eigenvalue weighted by atomic mass is 10.0. The summed E-state index contributed by atoms with van der Waals surface area (Å²) in [5.74, 6) is 0.176. The molecule has 0 aromatic rings. The minimum absolute atomic E-state index is 0.103. The number of aliphatic hydroxyl groups excluding tert-OH is 1. The van der Waals surface area contributed by atoms with Gasteiger partial charge in [-0.05, 0) is 43.4 Å². The number of carbonyl (C=O) groups is 4. The van der Waals surface area contributed by atoms with E-state index in [4.69, 9.17) is 37.0 Å². The molecule has 0 aliphatic rings. The highest BCUT2D eigenvalue weighted by atomic mass is 31.2. The fraction of sp³-hybridized carbons (Fsp3) is 0.947. The molecule has 564 valence electrons. The highest BCUT2D eigenvalue weighted by molar-refractivity contribution is 7.47. The van der Waals surface area contributed by atoms with Gasteiger partial charge in [0.25, 0.3) is 0 Å². The van der Waals surface area contributed by atoms with Gasteiger partial charge in [0.05, 0.1) is 26.4 Å². The number of hydrogen-bond donors (Lipinski definition) is 3. The lowest BCUT2D eigenvalue weighted by Gasteiger charge is -2.21. The molecule has 0 rings (SSSR count). The third kappa shape index (κ3) is 70.3. The Labute approximate surface area is 581 Å².